The number of carbonyl (C=O) groups excluding carboxylic acids is 1. The van der Waals surface area contributed by atoms with Crippen molar-refractivity contribution in [1.82, 2.24) is 16.2 Å². The summed E-state index contributed by atoms with van der Waals surface area (Å²) in [5.41, 5.74) is 6.23. The maximum absolute atomic E-state index is 12.5. The monoisotopic (exact) mass is 343 g/mol. The highest BCUT2D eigenvalue weighted by Gasteiger charge is 2.30. The summed E-state index contributed by atoms with van der Waals surface area (Å²) >= 11 is 0. The lowest BCUT2D eigenvalue weighted by molar-refractivity contribution is -0.137. The maximum atomic E-state index is 12.5. The molecule has 2 rings (SSSR count). The quantitative estimate of drug-likeness (QED) is 0.744. The Bertz CT molecular complexity index is 543. The molecule has 1 heterocycles. The van der Waals surface area contributed by atoms with Crippen molar-refractivity contribution in [3.05, 3.63) is 35.4 Å². The molecule has 2 atom stereocenters. The van der Waals surface area contributed by atoms with Crippen molar-refractivity contribution in [1.29, 1.82) is 0 Å². The van der Waals surface area contributed by atoms with Gasteiger partial charge in [-0.1, -0.05) is 26.0 Å². The van der Waals surface area contributed by atoms with Gasteiger partial charge in [-0.2, -0.15) is 13.2 Å². The topological polar surface area (TPSA) is 53.2 Å². The van der Waals surface area contributed by atoms with Crippen molar-refractivity contribution in [3.63, 3.8) is 0 Å². The second kappa shape index (κ2) is 7.98. The molecule has 7 heteroatoms. The first kappa shape index (κ1) is 18.7. The van der Waals surface area contributed by atoms with Crippen molar-refractivity contribution in [3.8, 4) is 0 Å². The molecular formula is C17H24F3N3O. The summed E-state index contributed by atoms with van der Waals surface area (Å²) in [5, 5.41) is 2.83. The molecule has 1 aromatic carbocycles. The number of benzene rings is 1. The molecule has 1 saturated heterocycles. The smallest absolute Gasteiger partial charge is 0.354 e. The van der Waals surface area contributed by atoms with Crippen molar-refractivity contribution in [2.75, 3.05) is 6.54 Å². The van der Waals surface area contributed by atoms with Gasteiger partial charge in [-0.15, -0.1) is 0 Å². The molecule has 1 aromatic rings. The predicted molar refractivity (Wildman–Crippen MR) is 86.1 cm³/mol. The molecule has 0 aliphatic carbocycles. The van der Waals surface area contributed by atoms with Crippen LogP contribution in [0.3, 0.4) is 0 Å². The summed E-state index contributed by atoms with van der Waals surface area (Å²) < 4.78 is 37.5. The first-order valence-corrected chi connectivity index (χ1v) is 8.20. The Morgan fingerprint density at radius 3 is 2.50 bits per heavy atom. The molecule has 134 valence electrons. The van der Waals surface area contributed by atoms with Gasteiger partial charge in [0.2, 0.25) is 5.91 Å². The van der Waals surface area contributed by atoms with Crippen LogP contribution in [0.1, 0.15) is 37.8 Å². The van der Waals surface area contributed by atoms with E-state index in [-0.39, 0.29) is 18.0 Å². The molecule has 24 heavy (non-hydrogen) atoms. The number of hydrogen-bond acceptors (Lipinski definition) is 3. The lowest BCUT2D eigenvalue weighted by Crippen LogP contribution is -2.44. The van der Waals surface area contributed by atoms with Crippen molar-refractivity contribution in [2.24, 2.45) is 5.92 Å². The standard InChI is InChI=1S/C17H24F3N3O/c1-11(2)9-14-10-15(23-22-14)16(24)21-8-7-12-3-5-13(6-4-12)17(18,19)20/h3-6,11,14-15,22-23H,7-10H2,1-2H3,(H,21,24). The highest BCUT2D eigenvalue weighted by atomic mass is 19.4. The SMILES string of the molecule is CC(C)CC1CC(C(=O)NCCc2ccc(C(F)(F)F)cc2)NN1. The van der Waals surface area contributed by atoms with E-state index in [0.717, 1.165) is 30.5 Å². The number of amides is 1. The van der Waals surface area contributed by atoms with E-state index >= 15 is 0 Å². The molecule has 0 saturated carbocycles. The fourth-order valence-electron chi connectivity index (χ4n) is 2.83. The van der Waals surface area contributed by atoms with Gasteiger partial charge in [-0.25, -0.2) is 5.43 Å². The number of rotatable bonds is 6. The first-order chi connectivity index (χ1) is 11.3. The summed E-state index contributed by atoms with van der Waals surface area (Å²) in [6.45, 7) is 4.68. The molecule has 0 spiro atoms. The summed E-state index contributed by atoms with van der Waals surface area (Å²) in [6.07, 6.45) is -2.08. The van der Waals surface area contributed by atoms with Crippen LogP contribution in [-0.2, 0) is 17.4 Å². The van der Waals surface area contributed by atoms with E-state index in [2.05, 4.69) is 30.0 Å². The van der Waals surface area contributed by atoms with E-state index in [9.17, 15) is 18.0 Å². The van der Waals surface area contributed by atoms with Gasteiger partial charge in [0.15, 0.2) is 0 Å². The van der Waals surface area contributed by atoms with Crippen molar-refractivity contribution < 1.29 is 18.0 Å². The lowest BCUT2D eigenvalue weighted by atomic mass is 10.00. The van der Waals surface area contributed by atoms with Crippen LogP contribution in [0, 0.1) is 5.92 Å². The van der Waals surface area contributed by atoms with Crippen LogP contribution < -0.4 is 16.2 Å². The minimum absolute atomic E-state index is 0.0827. The van der Waals surface area contributed by atoms with Crippen LogP contribution in [0.4, 0.5) is 13.2 Å². The highest BCUT2D eigenvalue weighted by Crippen LogP contribution is 2.29. The van der Waals surface area contributed by atoms with Gasteiger partial charge in [0.25, 0.3) is 0 Å². The minimum Gasteiger partial charge on any atom is -0.354 e. The largest absolute Gasteiger partial charge is 0.416 e. The zero-order chi connectivity index (χ0) is 17.7. The van der Waals surface area contributed by atoms with Crippen molar-refractivity contribution >= 4 is 5.91 Å². The van der Waals surface area contributed by atoms with E-state index < -0.39 is 11.7 Å². The summed E-state index contributed by atoms with van der Waals surface area (Å²) in [6, 6.07) is 5.05. The van der Waals surface area contributed by atoms with Gasteiger partial charge in [-0.05, 0) is 42.9 Å². The lowest BCUT2D eigenvalue weighted by Gasteiger charge is -2.12. The fraction of sp³-hybridized carbons (Fsp3) is 0.588. The average Bonchev–Trinajstić information content (AvgIpc) is 2.94. The minimum atomic E-state index is -4.32. The number of halogens is 3. The van der Waals surface area contributed by atoms with Crippen LogP contribution >= 0.6 is 0 Å². The Hall–Kier alpha value is -1.60. The van der Waals surface area contributed by atoms with Gasteiger partial charge < -0.3 is 5.32 Å². The number of nitrogens with one attached hydrogen (secondary N) is 3. The van der Waals surface area contributed by atoms with E-state index in [4.69, 9.17) is 0 Å². The zero-order valence-corrected chi connectivity index (χ0v) is 13.9. The summed E-state index contributed by atoms with van der Waals surface area (Å²) in [5.74, 6) is 0.478. The predicted octanol–water partition coefficient (Wildman–Crippen LogP) is 2.65. The molecule has 4 nitrogen and oxygen atoms in total. The van der Waals surface area contributed by atoms with Gasteiger partial charge >= 0.3 is 6.18 Å². The summed E-state index contributed by atoms with van der Waals surface area (Å²) in [4.78, 5) is 12.1. The second-order valence-corrected chi connectivity index (χ2v) is 6.64. The normalized spacial score (nSPS) is 21.2. The molecule has 0 radical (unpaired) electrons. The fourth-order valence-corrected chi connectivity index (χ4v) is 2.83. The highest BCUT2D eigenvalue weighted by molar-refractivity contribution is 5.82. The van der Waals surface area contributed by atoms with Crippen molar-refractivity contribution in [2.45, 2.75) is 51.4 Å². The second-order valence-electron chi connectivity index (χ2n) is 6.64. The van der Waals surface area contributed by atoms with Crippen LogP contribution in [0.2, 0.25) is 0 Å². The third-order valence-corrected chi connectivity index (χ3v) is 4.05. The number of carbonyl (C=O) groups is 1. The number of hydrazine groups is 1. The molecule has 2 unspecified atom stereocenters. The van der Waals surface area contributed by atoms with E-state index in [0.29, 0.717) is 18.9 Å². The van der Waals surface area contributed by atoms with Gasteiger partial charge in [0, 0.05) is 12.6 Å². The summed E-state index contributed by atoms with van der Waals surface area (Å²) in [7, 11) is 0. The third kappa shape index (κ3) is 5.49. The maximum Gasteiger partial charge on any atom is 0.416 e. The Balaban J connectivity index is 1.73. The Morgan fingerprint density at radius 1 is 1.25 bits per heavy atom. The van der Waals surface area contributed by atoms with E-state index in [1.54, 1.807) is 0 Å². The number of alkyl halides is 3. The Labute approximate surface area is 140 Å². The molecule has 1 aliphatic heterocycles. The Morgan fingerprint density at radius 2 is 1.92 bits per heavy atom. The van der Waals surface area contributed by atoms with E-state index in [1.165, 1.54) is 12.1 Å². The molecule has 1 aliphatic rings. The van der Waals surface area contributed by atoms with Crippen LogP contribution in [0.5, 0.6) is 0 Å². The average molecular weight is 343 g/mol. The first-order valence-electron chi connectivity index (χ1n) is 8.20. The van der Waals surface area contributed by atoms with Gasteiger partial charge in [0.1, 0.15) is 6.04 Å². The number of hydrogen-bond donors (Lipinski definition) is 3. The Kier molecular flexibility index (Phi) is 6.23. The molecule has 0 aromatic heterocycles. The molecule has 1 fully saturated rings. The molecule has 1 amide bonds. The molecular weight excluding hydrogens is 319 g/mol. The van der Waals surface area contributed by atoms with E-state index in [1.807, 2.05) is 0 Å². The third-order valence-electron chi connectivity index (χ3n) is 4.05. The van der Waals surface area contributed by atoms with Crippen LogP contribution in [-0.4, -0.2) is 24.5 Å². The van der Waals surface area contributed by atoms with Gasteiger partial charge in [0.05, 0.1) is 5.56 Å². The van der Waals surface area contributed by atoms with Gasteiger partial charge in [-0.3, -0.25) is 10.2 Å². The zero-order valence-electron chi connectivity index (χ0n) is 13.9. The molecule has 0 bridgehead atoms. The van der Waals surface area contributed by atoms with Crippen LogP contribution in [0.25, 0.3) is 0 Å². The molecule has 3 N–H and O–H groups in total. The van der Waals surface area contributed by atoms with Crippen LogP contribution in [0.15, 0.2) is 24.3 Å².